The third-order valence-electron chi connectivity index (χ3n) is 2.92. The fourth-order valence-electron chi connectivity index (χ4n) is 1.82. The molecule has 0 radical (unpaired) electrons. The van der Waals surface area contributed by atoms with Gasteiger partial charge in [-0.05, 0) is 42.8 Å². The average Bonchev–Trinajstić information content (AvgIpc) is 2.48. The molecule has 22 heavy (non-hydrogen) atoms. The van der Waals surface area contributed by atoms with Gasteiger partial charge in [0.05, 0.1) is 5.02 Å². The fraction of sp³-hybridized carbons (Fsp3) is 0.188. The number of rotatable bonds is 5. The maximum absolute atomic E-state index is 13.1. The summed E-state index contributed by atoms with van der Waals surface area (Å²) in [7, 11) is 0. The molecule has 0 aliphatic rings. The Morgan fingerprint density at radius 2 is 2.05 bits per heavy atom. The molecule has 1 N–H and O–H groups in total. The first-order valence-corrected chi connectivity index (χ1v) is 7.43. The molecular weight excluding hydrogens is 328 g/mol. The van der Waals surface area contributed by atoms with Gasteiger partial charge >= 0.3 is 0 Å². The third-order valence-corrected chi connectivity index (χ3v) is 3.45. The van der Waals surface area contributed by atoms with Gasteiger partial charge in [0.2, 0.25) is 0 Å². The Hall–Kier alpha value is -1.78. The summed E-state index contributed by atoms with van der Waals surface area (Å²) in [6, 6.07) is 10.8. The van der Waals surface area contributed by atoms with Crippen LogP contribution in [0, 0.1) is 5.82 Å². The first kappa shape index (κ1) is 16.6. The summed E-state index contributed by atoms with van der Waals surface area (Å²) in [5, 5.41) is 3.12. The first-order chi connectivity index (χ1) is 10.5. The van der Waals surface area contributed by atoms with Gasteiger partial charge in [0, 0.05) is 10.7 Å². The summed E-state index contributed by atoms with van der Waals surface area (Å²) in [5.74, 6) is -0.376. The van der Waals surface area contributed by atoms with Gasteiger partial charge < -0.3 is 10.1 Å². The molecule has 0 spiro atoms. The van der Waals surface area contributed by atoms with Crippen LogP contribution in [0.1, 0.15) is 13.3 Å². The van der Waals surface area contributed by atoms with Crippen LogP contribution in [-0.2, 0) is 4.79 Å². The number of hydrogen-bond donors (Lipinski definition) is 1. The highest BCUT2D eigenvalue weighted by atomic mass is 35.5. The van der Waals surface area contributed by atoms with Crippen molar-refractivity contribution in [2.75, 3.05) is 5.32 Å². The number of benzene rings is 2. The van der Waals surface area contributed by atoms with Gasteiger partial charge in [0.25, 0.3) is 5.91 Å². The van der Waals surface area contributed by atoms with Crippen molar-refractivity contribution in [1.29, 1.82) is 0 Å². The summed E-state index contributed by atoms with van der Waals surface area (Å²) < 4.78 is 18.7. The minimum absolute atomic E-state index is 0.0541. The average molecular weight is 342 g/mol. The van der Waals surface area contributed by atoms with Crippen molar-refractivity contribution in [1.82, 2.24) is 0 Å². The number of amides is 1. The number of carbonyl (C=O) groups excluding carboxylic acids is 1. The van der Waals surface area contributed by atoms with Crippen LogP contribution in [0.5, 0.6) is 5.75 Å². The molecule has 0 aliphatic carbocycles. The second-order valence-electron chi connectivity index (χ2n) is 4.59. The zero-order valence-corrected chi connectivity index (χ0v) is 13.3. The topological polar surface area (TPSA) is 38.3 Å². The minimum Gasteiger partial charge on any atom is -0.481 e. The standard InChI is InChI=1S/C16H14Cl2FNO2/c1-2-15(22-12-5-3-4-10(17)8-12)16(21)20-11-6-7-14(19)13(18)9-11/h3-9,15H,2H2,1H3,(H,20,21)/t15-/m1/s1. The van der Waals surface area contributed by atoms with Crippen molar-refractivity contribution < 1.29 is 13.9 Å². The SMILES string of the molecule is CC[C@@H](Oc1cccc(Cl)c1)C(=O)Nc1ccc(F)c(Cl)c1. The Morgan fingerprint density at radius 3 is 2.68 bits per heavy atom. The molecule has 0 heterocycles. The monoisotopic (exact) mass is 341 g/mol. The van der Waals surface area contributed by atoms with Gasteiger partial charge in [0.15, 0.2) is 6.10 Å². The van der Waals surface area contributed by atoms with Crippen molar-refractivity contribution >= 4 is 34.8 Å². The van der Waals surface area contributed by atoms with Crippen LogP contribution in [0.25, 0.3) is 0 Å². The van der Waals surface area contributed by atoms with Crippen molar-refractivity contribution in [3.05, 3.63) is 58.3 Å². The van der Waals surface area contributed by atoms with E-state index in [0.29, 0.717) is 22.9 Å². The second-order valence-corrected chi connectivity index (χ2v) is 5.43. The molecule has 1 amide bonds. The molecule has 0 fully saturated rings. The lowest BCUT2D eigenvalue weighted by Gasteiger charge is -2.17. The number of nitrogens with one attached hydrogen (secondary N) is 1. The van der Waals surface area contributed by atoms with E-state index in [1.165, 1.54) is 18.2 Å². The normalized spacial score (nSPS) is 11.8. The summed E-state index contributed by atoms with van der Waals surface area (Å²) in [6.45, 7) is 1.83. The van der Waals surface area contributed by atoms with E-state index in [2.05, 4.69) is 5.32 Å². The lowest BCUT2D eigenvalue weighted by atomic mass is 10.2. The minimum atomic E-state index is -0.692. The van der Waals surface area contributed by atoms with Gasteiger partial charge in [-0.1, -0.05) is 36.2 Å². The van der Waals surface area contributed by atoms with Crippen LogP contribution in [0.3, 0.4) is 0 Å². The van der Waals surface area contributed by atoms with E-state index in [4.69, 9.17) is 27.9 Å². The number of hydrogen-bond acceptors (Lipinski definition) is 2. The maximum atomic E-state index is 13.1. The third kappa shape index (κ3) is 4.36. The van der Waals surface area contributed by atoms with E-state index >= 15 is 0 Å². The van der Waals surface area contributed by atoms with Gasteiger partial charge in [-0.3, -0.25) is 4.79 Å². The molecule has 0 bridgehead atoms. The molecule has 116 valence electrons. The maximum Gasteiger partial charge on any atom is 0.265 e. The van der Waals surface area contributed by atoms with E-state index in [9.17, 15) is 9.18 Å². The summed E-state index contributed by atoms with van der Waals surface area (Å²) >= 11 is 11.6. The number of ether oxygens (including phenoxy) is 1. The van der Waals surface area contributed by atoms with Crippen LogP contribution in [0.4, 0.5) is 10.1 Å². The molecule has 0 unspecified atom stereocenters. The van der Waals surface area contributed by atoms with E-state index < -0.39 is 11.9 Å². The number of anilines is 1. The molecule has 2 aromatic carbocycles. The lowest BCUT2D eigenvalue weighted by molar-refractivity contribution is -0.122. The highest BCUT2D eigenvalue weighted by molar-refractivity contribution is 6.31. The Balaban J connectivity index is 2.06. The molecule has 0 saturated carbocycles. The second kappa shape index (κ2) is 7.47. The molecule has 6 heteroatoms. The molecule has 0 aromatic heterocycles. The van der Waals surface area contributed by atoms with Crippen LogP contribution in [-0.4, -0.2) is 12.0 Å². The van der Waals surface area contributed by atoms with Crippen LogP contribution in [0.15, 0.2) is 42.5 Å². The van der Waals surface area contributed by atoms with Crippen LogP contribution >= 0.6 is 23.2 Å². The number of halogens is 3. The summed E-state index contributed by atoms with van der Waals surface area (Å²) in [5.41, 5.74) is 0.407. The zero-order chi connectivity index (χ0) is 16.1. The zero-order valence-electron chi connectivity index (χ0n) is 11.8. The fourth-order valence-corrected chi connectivity index (χ4v) is 2.18. The lowest BCUT2D eigenvalue weighted by Crippen LogP contribution is -2.32. The molecule has 2 aromatic rings. The van der Waals surface area contributed by atoms with Crippen molar-refractivity contribution in [2.24, 2.45) is 0 Å². The quantitative estimate of drug-likeness (QED) is 0.837. The van der Waals surface area contributed by atoms with Crippen LogP contribution in [0.2, 0.25) is 10.0 Å². The van der Waals surface area contributed by atoms with Crippen molar-refractivity contribution in [3.63, 3.8) is 0 Å². The smallest absolute Gasteiger partial charge is 0.265 e. The molecule has 3 nitrogen and oxygen atoms in total. The molecule has 2 rings (SSSR count). The predicted molar refractivity (Wildman–Crippen MR) is 86.2 cm³/mol. The molecule has 0 saturated heterocycles. The number of carbonyl (C=O) groups is 1. The first-order valence-electron chi connectivity index (χ1n) is 6.67. The Labute approximate surface area is 138 Å². The Morgan fingerprint density at radius 1 is 1.27 bits per heavy atom. The molecule has 1 atom stereocenters. The van der Waals surface area contributed by atoms with Gasteiger partial charge in [-0.2, -0.15) is 0 Å². The van der Waals surface area contributed by atoms with Crippen LogP contribution < -0.4 is 10.1 Å². The van der Waals surface area contributed by atoms with Gasteiger partial charge in [0.1, 0.15) is 11.6 Å². The predicted octanol–water partition coefficient (Wildman–Crippen LogP) is 4.93. The van der Waals surface area contributed by atoms with E-state index in [-0.39, 0.29) is 10.9 Å². The van der Waals surface area contributed by atoms with E-state index in [1.54, 1.807) is 24.3 Å². The van der Waals surface area contributed by atoms with E-state index in [1.807, 2.05) is 6.92 Å². The highest BCUT2D eigenvalue weighted by Gasteiger charge is 2.19. The van der Waals surface area contributed by atoms with Crippen molar-refractivity contribution in [2.45, 2.75) is 19.4 Å². The Bertz CT molecular complexity index is 679. The van der Waals surface area contributed by atoms with Gasteiger partial charge in [-0.15, -0.1) is 0 Å². The largest absolute Gasteiger partial charge is 0.481 e. The highest BCUT2D eigenvalue weighted by Crippen LogP contribution is 2.22. The summed E-state index contributed by atoms with van der Waals surface area (Å²) in [6.07, 6.45) is -0.227. The van der Waals surface area contributed by atoms with E-state index in [0.717, 1.165) is 0 Å². The molecule has 0 aliphatic heterocycles. The van der Waals surface area contributed by atoms with Gasteiger partial charge in [-0.25, -0.2) is 4.39 Å². The summed E-state index contributed by atoms with van der Waals surface area (Å²) in [4.78, 5) is 12.2. The van der Waals surface area contributed by atoms with Crippen molar-refractivity contribution in [3.8, 4) is 5.75 Å². The molecular formula is C16H14Cl2FNO2. The Kier molecular flexibility index (Phi) is 5.63.